The van der Waals surface area contributed by atoms with Crippen molar-refractivity contribution in [3.63, 3.8) is 0 Å². The van der Waals surface area contributed by atoms with Crippen LogP contribution in [0, 0.1) is 5.82 Å². The molecule has 0 unspecified atom stereocenters. The lowest BCUT2D eigenvalue weighted by molar-refractivity contribution is -0.116. The minimum absolute atomic E-state index is 0. The summed E-state index contributed by atoms with van der Waals surface area (Å²) in [7, 11) is 1.76. The smallest absolute Gasteiger partial charge is 0.225 e. The van der Waals surface area contributed by atoms with Crippen molar-refractivity contribution < 1.29 is 9.18 Å². The average molecular weight is 300 g/mol. The molecule has 2 aromatic rings. The van der Waals surface area contributed by atoms with Gasteiger partial charge in [-0.15, -0.1) is 12.4 Å². The van der Waals surface area contributed by atoms with E-state index in [2.05, 4.69) is 20.7 Å². The fourth-order valence-electron chi connectivity index (χ4n) is 1.57. The molecule has 2 N–H and O–H groups in total. The third-order valence-corrected chi connectivity index (χ3v) is 2.50. The molecule has 0 aliphatic carbocycles. The van der Waals surface area contributed by atoms with Crippen LogP contribution < -0.4 is 10.6 Å². The number of hydrogen-bond donors (Lipinski definition) is 2. The Morgan fingerprint density at radius 3 is 2.85 bits per heavy atom. The van der Waals surface area contributed by atoms with Crippen molar-refractivity contribution >= 4 is 24.0 Å². The van der Waals surface area contributed by atoms with E-state index in [1.54, 1.807) is 13.1 Å². The molecule has 1 aromatic heterocycles. The summed E-state index contributed by atoms with van der Waals surface area (Å²) in [5.74, 6) is -0.640. The molecule has 0 aliphatic heterocycles. The maximum absolute atomic E-state index is 13.9. The largest absolute Gasteiger partial charge is 0.326 e. The van der Waals surface area contributed by atoms with E-state index in [0.717, 1.165) is 0 Å². The predicted molar refractivity (Wildman–Crippen MR) is 75.7 cm³/mol. The molecule has 2 rings (SSSR count). The van der Waals surface area contributed by atoms with Crippen LogP contribution in [0.5, 0.6) is 0 Å². The molecule has 8 heteroatoms. The Hall–Kier alpha value is -1.99. The van der Waals surface area contributed by atoms with Gasteiger partial charge >= 0.3 is 0 Å². The van der Waals surface area contributed by atoms with Crippen molar-refractivity contribution in [3.05, 3.63) is 36.7 Å². The first-order chi connectivity index (χ1) is 9.20. The van der Waals surface area contributed by atoms with Crippen LogP contribution in [0.4, 0.5) is 10.1 Å². The molecule has 0 fully saturated rings. The van der Waals surface area contributed by atoms with Gasteiger partial charge < -0.3 is 10.6 Å². The van der Waals surface area contributed by atoms with Crippen molar-refractivity contribution in [3.8, 4) is 5.69 Å². The highest BCUT2D eigenvalue weighted by Crippen LogP contribution is 2.17. The van der Waals surface area contributed by atoms with Crippen LogP contribution in [0.25, 0.3) is 5.69 Å². The molecule has 0 saturated heterocycles. The third kappa shape index (κ3) is 4.01. The lowest BCUT2D eigenvalue weighted by Gasteiger charge is -2.07. The van der Waals surface area contributed by atoms with Gasteiger partial charge in [0.05, 0.1) is 0 Å². The number of hydrogen-bond acceptors (Lipinski definition) is 4. The number of amides is 1. The lowest BCUT2D eigenvalue weighted by atomic mass is 10.2. The van der Waals surface area contributed by atoms with Gasteiger partial charge in [0.25, 0.3) is 0 Å². The molecule has 0 bridgehead atoms. The first-order valence-corrected chi connectivity index (χ1v) is 5.79. The summed E-state index contributed by atoms with van der Waals surface area (Å²) < 4.78 is 15.2. The zero-order valence-corrected chi connectivity index (χ0v) is 11.7. The van der Waals surface area contributed by atoms with E-state index in [9.17, 15) is 9.18 Å². The van der Waals surface area contributed by atoms with E-state index in [1.165, 1.54) is 29.5 Å². The van der Waals surface area contributed by atoms with Crippen LogP contribution in [-0.2, 0) is 4.79 Å². The monoisotopic (exact) mass is 299 g/mol. The van der Waals surface area contributed by atoms with Gasteiger partial charge in [-0.25, -0.2) is 14.1 Å². The van der Waals surface area contributed by atoms with Crippen molar-refractivity contribution in [2.75, 3.05) is 18.9 Å². The average Bonchev–Trinajstić information content (AvgIpc) is 2.90. The molecule has 1 aromatic carbocycles. The summed E-state index contributed by atoms with van der Waals surface area (Å²) in [5.41, 5.74) is 0.702. The highest BCUT2D eigenvalue weighted by molar-refractivity contribution is 5.90. The number of anilines is 1. The molecule has 1 heterocycles. The van der Waals surface area contributed by atoms with Gasteiger partial charge in [-0.2, -0.15) is 5.10 Å². The molecule has 1 amide bonds. The Morgan fingerprint density at radius 1 is 1.45 bits per heavy atom. The van der Waals surface area contributed by atoms with E-state index in [-0.39, 0.29) is 24.0 Å². The molecule has 0 saturated carbocycles. The van der Waals surface area contributed by atoms with Crippen LogP contribution >= 0.6 is 12.4 Å². The normalized spacial score (nSPS) is 9.90. The van der Waals surface area contributed by atoms with Crippen molar-refractivity contribution in [2.45, 2.75) is 6.42 Å². The molecule has 108 valence electrons. The molecule has 0 atom stereocenters. The summed E-state index contributed by atoms with van der Waals surface area (Å²) in [6.07, 6.45) is 3.07. The van der Waals surface area contributed by atoms with Gasteiger partial charge in [-0.1, -0.05) is 0 Å². The predicted octanol–water partition coefficient (Wildman–Crippen LogP) is 1.38. The van der Waals surface area contributed by atoms with Gasteiger partial charge in [0.2, 0.25) is 5.91 Å². The summed E-state index contributed by atoms with van der Waals surface area (Å²) in [4.78, 5) is 15.2. The lowest BCUT2D eigenvalue weighted by Crippen LogP contribution is -2.18. The molecular weight excluding hydrogens is 285 g/mol. The van der Waals surface area contributed by atoms with Crippen LogP contribution in [0.3, 0.4) is 0 Å². The minimum Gasteiger partial charge on any atom is -0.326 e. The Bertz CT molecular complexity index is 561. The molecule has 0 aliphatic rings. The summed E-state index contributed by atoms with van der Waals surface area (Å²) in [5, 5.41) is 9.34. The topological polar surface area (TPSA) is 71.8 Å². The van der Waals surface area contributed by atoms with Crippen molar-refractivity contribution in [1.82, 2.24) is 20.1 Å². The summed E-state index contributed by atoms with van der Waals surface area (Å²) >= 11 is 0. The Morgan fingerprint density at radius 2 is 2.25 bits per heavy atom. The maximum atomic E-state index is 13.9. The number of nitrogens with zero attached hydrogens (tertiary/aromatic N) is 3. The van der Waals surface area contributed by atoms with Crippen LogP contribution in [0.15, 0.2) is 30.9 Å². The van der Waals surface area contributed by atoms with E-state index >= 15 is 0 Å². The van der Waals surface area contributed by atoms with E-state index in [1.807, 2.05) is 0 Å². The van der Waals surface area contributed by atoms with E-state index < -0.39 is 5.82 Å². The summed E-state index contributed by atoms with van der Waals surface area (Å²) in [6, 6.07) is 4.42. The van der Waals surface area contributed by atoms with Gasteiger partial charge in [0, 0.05) is 18.7 Å². The number of carbonyl (C=O) groups is 1. The first-order valence-electron chi connectivity index (χ1n) is 5.79. The zero-order valence-electron chi connectivity index (χ0n) is 10.8. The second kappa shape index (κ2) is 7.56. The number of benzene rings is 1. The SMILES string of the molecule is CNCCC(=O)Nc1ccc(-n2cncn2)c(F)c1.Cl. The fourth-order valence-corrected chi connectivity index (χ4v) is 1.57. The van der Waals surface area contributed by atoms with Gasteiger partial charge in [0.15, 0.2) is 5.82 Å². The molecule has 6 nitrogen and oxygen atoms in total. The Balaban J connectivity index is 0.00000200. The quantitative estimate of drug-likeness (QED) is 0.875. The second-order valence-corrected chi connectivity index (χ2v) is 3.91. The van der Waals surface area contributed by atoms with Gasteiger partial charge in [-0.05, 0) is 25.2 Å². The van der Waals surface area contributed by atoms with Crippen LogP contribution in [0.2, 0.25) is 0 Å². The first kappa shape index (κ1) is 16.1. The summed E-state index contributed by atoms with van der Waals surface area (Å²) in [6.45, 7) is 0.575. The highest BCUT2D eigenvalue weighted by Gasteiger charge is 2.08. The molecular formula is C12H15ClFN5O. The molecule has 0 spiro atoms. The van der Waals surface area contributed by atoms with Crippen molar-refractivity contribution in [1.29, 1.82) is 0 Å². The van der Waals surface area contributed by atoms with Gasteiger partial charge in [0.1, 0.15) is 18.3 Å². The van der Waals surface area contributed by atoms with Crippen LogP contribution in [0.1, 0.15) is 6.42 Å². The third-order valence-electron chi connectivity index (χ3n) is 2.50. The minimum atomic E-state index is -0.475. The Kier molecular flexibility index (Phi) is 6.08. The van der Waals surface area contributed by atoms with E-state index in [4.69, 9.17) is 0 Å². The number of carbonyl (C=O) groups excluding carboxylic acids is 1. The molecule has 0 radical (unpaired) electrons. The molecule has 20 heavy (non-hydrogen) atoms. The zero-order chi connectivity index (χ0) is 13.7. The highest BCUT2D eigenvalue weighted by atomic mass is 35.5. The number of rotatable bonds is 5. The fraction of sp³-hybridized carbons (Fsp3) is 0.250. The van der Waals surface area contributed by atoms with Crippen molar-refractivity contribution in [2.24, 2.45) is 0 Å². The maximum Gasteiger partial charge on any atom is 0.225 e. The van der Waals surface area contributed by atoms with E-state index in [0.29, 0.717) is 18.7 Å². The van der Waals surface area contributed by atoms with Crippen LogP contribution in [-0.4, -0.2) is 34.3 Å². The standard InChI is InChI=1S/C12H14FN5O.ClH/c1-14-5-4-12(19)17-9-2-3-11(10(13)6-9)18-8-15-7-16-18;/h2-3,6-8,14H,4-5H2,1H3,(H,17,19);1H. The number of halogens is 2. The number of aromatic nitrogens is 3. The second-order valence-electron chi connectivity index (χ2n) is 3.91. The van der Waals surface area contributed by atoms with Gasteiger partial charge in [-0.3, -0.25) is 4.79 Å². The number of nitrogens with one attached hydrogen (secondary N) is 2. The Labute approximate surface area is 121 Å².